The van der Waals surface area contributed by atoms with Gasteiger partial charge in [0, 0.05) is 11.4 Å². The van der Waals surface area contributed by atoms with Crippen LogP contribution in [0.25, 0.3) is 10.2 Å². The molecule has 0 aliphatic carbocycles. The minimum atomic E-state index is -0.180. The first-order valence-corrected chi connectivity index (χ1v) is 9.50. The van der Waals surface area contributed by atoms with Gasteiger partial charge in [0.2, 0.25) is 0 Å². The maximum absolute atomic E-state index is 12.6. The van der Waals surface area contributed by atoms with Crippen molar-refractivity contribution >= 4 is 39.2 Å². The molecule has 0 N–H and O–H groups in total. The Bertz CT molecular complexity index is 938. The molecule has 2 aromatic carbocycles. The molecule has 0 spiro atoms. The maximum Gasteiger partial charge on any atom is 0.280 e. The van der Waals surface area contributed by atoms with Gasteiger partial charge in [-0.25, -0.2) is 0 Å². The van der Waals surface area contributed by atoms with Gasteiger partial charge in [0.05, 0.1) is 15.8 Å². The first-order valence-electron chi connectivity index (χ1n) is 7.46. The Morgan fingerprint density at radius 3 is 2.78 bits per heavy atom. The quantitative estimate of drug-likeness (QED) is 0.657. The summed E-state index contributed by atoms with van der Waals surface area (Å²) in [5, 5.41) is 0. The molecule has 0 aliphatic rings. The largest absolute Gasteiger partial charge is 0.317 e. The van der Waals surface area contributed by atoms with E-state index >= 15 is 0 Å². The van der Waals surface area contributed by atoms with Crippen molar-refractivity contribution in [3.05, 3.63) is 58.4 Å². The van der Waals surface area contributed by atoms with Gasteiger partial charge in [-0.15, -0.1) is 11.8 Å². The summed E-state index contributed by atoms with van der Waals surface area (Å²) in [5.41, 5.74) is 3.01. The normalized spacial score (nSPS) is 12.0. The van der Waals surface area contributed by atoms with Crippen LogP contribution in [0.2, 0.25) is 0 Å². The van der Waals surface area contributed by atoms with Crippen LogP contribution in [0.3, 0.4) is 0 Å². The summed E-state index contributed by atoms with van der Waals surface area (Å²) < 4.78 is 3.26. The fraction of sp³-hybridized carbons (Fsp3) is 0.222. The highest BCUT2D eigenvalue weighted by atomic mass is 32.2. The van der Waals surface area contributed by atoms with Crippen LogP contribution in [0.1, 0.15) is 22.8 Å². The van der Waals surface area contributed by atoms with Crippen molar-refractivity contribution < 1.29 is 4.79 Å². The third kappa shape index (κ3) is 3.12. The third-order valence-corrected chi connectivity index (χ3v) is 5.53. The third-order valence-electron chi connectivity index (χ3n) is 3.69. The van der Waals surface area contributed by atoms with Crippen molar-refractivity contribution in [2.45, 2.75) is 25.3 Å². The van der Waals surface area contributed by atoms with E-state index in [1.54, 1.807) is 23.1 Å². The van der Waals surface area contributed by atoms with Crippen molar-refractivity contribution in [3.8, 4) is 0 Å². The summed E-state index contributed by atoms with van der Waals surface area (Å²) >= 11 is 3.13. The minimum Gasteiger partial charge on any atom is -0.317 e. The number of hydrogen-bond donors (Lipinski definition) is 0. The topological polar surface area (TPSA) is 34.4 Å². The Morgan fingerprint density at radius 1 is 1.26 bits per heavy atom. The molecule has 3 aromatic rings. The molecule has 1 aromatic heterocycles. The number of carbonyl (C=O) groups is 1. The van der Waals surface area contributed by atoms with Gasteiger partial charge in [0.25, 0.3) is 5.91 Å². The molecule has 0 atom stereocenters. The lowest BCUT2D eigenvalue weighted by Gasteiger charge is -2.03. The number of thioether (sulfide) groups is 1. The molecule has 1 heterocycles. The van der Waals surface area contributed by atoms with Crippen LogP contribution in [-0.2, 0) is 6.54 Å². The van der Waals surface area contributed by atoms with Crippen LogP contribution in [0.15, 0.2) is 52.4 Å². The smallest absolute Gasteiger partial charge is 0.280 e. The fourth-order valence-corrected chi connectivity index (χ4v) is 4.32. The van der Waals surface area contributed by atoms with Gasteiger partial charge < -0.3 is 4.57 Å². The van der Waals surface area contributed by atoms with Crippen LogP contribution in [-0.4, -0.2) is 16.7 Å². The lowest BCUT2D eigenvalue weighted by atomic mass is 10.2. The van der Waals surface area contributed by atoms with Crippen LogP contribution in [0, 0.1) is 6.92 Å². The number of thiazole rings is 1. The summed E-state index contributed by atoms with van der Waals surface area (Å²) in [6.07, 6.45) is 1.97. The Kier molecular flexibility index (Phi) is 4.68. The van der Waals surface area contributed by atoms with Gasteiger partial charge in [0.1, 0.15) is 0 Å². The Morgan fingerprint density at radius 2 is 2.04 bits per heavy atom. The number of aryl methyl sites for hydroxylation is 2. The molecule has 0 unspecified atom stereocenters. The highest BCUT2D eigenvalue weighted by Crippen LogP contribution is 2.21. The molecule has 0 aliphatic heterocycles. The second kappa shape index (κ2) is 6.72. The van der Waals surface area contributed by atoms with Crippen LogP contribution in [0.4, 0.5) is 0 Å². The zero-order chi connectivity index (χ0) is 16.4. The fourth-order valence-electron chi connectivity index (χ4n) is 2.54. The van der Waals surface area contributed by atoms with Gasteiger partial charge in [-0.05, 0) is 49.9 Å². The van der Waals surface area contributed by atoms with E-state index < -0.39 is 0 Å². The number of carbonyl (C=O) groups excluding carboxylic acids is 1. The molecule has 0 saturated carbocycles. The summed E-state index contributed by atoms with van der Waals surface area (Å²) in [4.78, 5) is 18.7. The van der Waals surface area contributed by atoms with E-state index in [9.17, 15) is 4.79 Å². The predicted octanol–water partition coefficient (Wildman–Crippen LogP) is 4.49. The molecule has 3 rings (SSSR count). The second-order valence-corrected chi connectivity index (χ2v) is 7.07. The highest BCUT2D eigenvalue weighted by molar-refractivity contribution is 7.98. The van der Waals surface area contributed by atoms with Gasteiger partial charge >= 0.3 is 0 Å². The molecule has 5 heteroatoms. The van der Waals surface area contributed by atoms with E-state index in [1.165, 1.54) is 5.56 Å². The lowest BCUT2D eigenvalue weighted by Crippen LogP contribution is -2.16. The first kappa shape index (κ1) is 16.0. The maximum atomic E-state index is 12.6. The molecule has 3 nitrogen and oxygen atoms in total. The first-order chi connectivity index (χ1) is 11.1. The van der Waals surface area contributed by atoms with Gasteiger partial charge in [-0.1, -0.05) is 29.5 Å². The van der Waals surface area contributed by atoms with E-state index in [0.717, 1.165) is 26.5 Å². The monoisotopic (exact) mass is 342 g/mol. The molecule has 0 fully saturated rings. The van der Waals surface area contributed by atoms with Crippen molar-refractivity contribution in [3.63, 3.8) is 0 Å². The molecular formula is C18H18N2OS2. The molecule has 0 saturated heterocycles. The van der Waals surface area contributed by atoms with Crippen LogP contribution >= 0.6 is 23.1 Å². The molecule has 0 radical (unpaired) electrons. The van der Waals surface area contributed by atoms with Crippen LogP contribution in [0.5, 0.6) is 0 Å². The number of benzene rings is 2. The van der Waals surface area contributed by atoms with E-state index in [-0.39, 0.29) is 5.91 Å². The van der Waals surface area contributed by atoms with E-state index in [1.807, 2.05) is 30.5 Å². The summed E-state index contributed by atoms with van der Waals surface area (Å²) in [6, 6.07) is 14.0. The number of amides is 1. The second-order valence-electron chi connectivity index (χ2n) is 5.22. The zero-order valence-electron chi connectivity index (χ0n) is 13.4. The van der Waals surface area contributed by atoms with Gasteiger partial charge in [-0.3, -0.25) is 4.79 Å². The number of hydrogen-bond acceptors (Lipinski definition) is 3. The summed E-state index contributed by atoms with van der Waals surface area (Å²) in [6.45, 7) is 4.94. The minimum absolute atomic E-state index is 0.180. The Labute approximate surface area is 143 Å². The van der Waals surface area contributed by atoms with Crippen molar-refractivity contribution in [1.29, 1.82) is 0 Å². The average Bonchev–Trinajstić information content (AvgIpc) is 2.90. The van der Waals surface area contributed by atoms with Crippen LogP contribution < -0.4 is 4.80 Å². The van der Waals surface area contributed by atoms with E-state index in [4.69, 9.17) is 0 Å². The summed E-state index contributed by atoms with van der Waals surface area (Å²) in [7, 11) is 0. The van der Waals surface area contributed by atoms with Gasteiger partial charge in [0.15, 0.2) is 4.80 Å². The number of fused-ring (bicyclic) bond motifs is 1. The van der Waals surface area contributed by atoms with Crippen molar-refractivity contribution in [1.82, 2.24) is 4.57 Å². The number of nitrogens with zero attached hydrogens (tertiary/aromatic N) is 2. The van der Waals surface area contributed by atoms with Crippen molar-refractivity contribution in [2.24, 2.45) is 4.99 Å². The summed E-state index contributed by atoms with van der Waals surface area (Å²) in [5.74, 6) is -0.180. The average molecular weight is 342 g/mol. The lowest BCUT2D eigenvalue weighted by molar-refractivity contribution is 0.0995. The SMILES string of the molecule is CCn1c(=NC(=O)c2ccccc2SC)sc2cc(C)ccc21. The molecule has 1 amide bonds. The molecular weight excluding hydrogens is 324 g/mol. The number of aromatic nitrogens is 1. The molecule has 0 bridgehead atoms. The zero-order valence-corrected chi connectivity index (χ0v) is 15.0. The Hall–Kier alpha value is -1.85. The predicted molar refractivity (Wildman–Crippen MR) is 98.3 cm³/mol. The Balaban J connectivity index is 2.15. The van der Waals surface area contributed by atoms with Crippen molar-refractivity contribution in [2.75, 3.05) is 6.26 Å². The molecule has 23 heavy (non-hydrogen) atoms. The molecule has 118 valence electrons. The van der Waals surface area contributed by atoms with Gasteiger partial charge in [-0.2, -0.15) is 4.99 Å². The standard InChI is InChI=1S/C18H18N2OS2/c1-4-20-14-10-9-12(2)11-16(14)23-18(20)19-17(21)13-7-5-6-8-15(13)22-3/h5-11H,4H2,1-3H3. The number of rotatable bonds is 3. The van der Waals surface area contributed by atoms with E-state index in [0.29, 0.717) is 5.56 Å². The highest BCUT2D eigenvalue weighted by Gasteiger charge is 2.11. The van der Waals surface area contributed by atoms with E-state index in [2.05, 4.69) is 41.6 Å².